The number of benzene rings is 1. The van der Waals surface area contributed by atoms with E-state index < -0.39 is 0 Å². The van der Waals surface area contributed by atoms with Gasteiger partial charge in [-0.2, -0.15) is 0 Å². The molecule has 0 amide bonds. The predicted octanol–water partition coefficient (Wildman–Crippen LogP) is 1.50. The number of nitrogens with one attached hydrogen (secondary N) is 1. The average Bonchev–Trinajstić information content (AvgIpc) is 2.26. The fourth-order valence-electron chi connectivity index (χ4n) is 1.08. The Kier molecular flexibility index (Phi) is 2.73. The van der Waals surface area contributed by atoms with Crippen molar-refractivity contribution in [2.45, 2.75) is 9.92 Å². The summed E-state index contributed by atoms with van der Waals surface area (Å²) in [4.78, 5) is 18.6. The van der Waals surface area contributed by atoms with Crippen molar-refractivity contribution in [2.75, 3.05) is 5.73 Å². The molecule has 0 saturated heterocycles. The molecule has 1 heterocycles. The van der Waals surface area contributed by atoms with Crippen LogP contribution in [0, 0.1) is 0 Å². The van der Waals surface area contributed by atoms with Gasteiger partial charge in [0.15, 0.2) is 0 Å². The summed E-state index contributed by atoms with van der Waals surface area (Å²) in [5.74, 6) is 0. The molecule has 1 aromatic carbocycles. The number of H-pyrrole nitrogens is 1. The first-order chi connectivity index (χ1) is 7.27. The molecule has 0 fully saturated rings. The number of rotatable bonds is 2. The van der Waals surface area contributed by atoms with Crippen LogP contribution in [0.2, 0.25) is 0 Å². The SMILES string of the molecule is Nc1c(Sc2ccccc2)nc[nH]c1=O. The molecule has 0 aliphatic heterocycles. The lowest BCUT2D eigenvalue weighted by atomic mass is 10.4. The summed E-state index contributed by atoms with van der Waals surface area (Å²) in [5, 5.41) is 0.532. The number of anilines is 1. The van der Waals surface area contributed by atoms with Crippen LogP contribution in [0.5, 0.6) is 0 Å². The highest BCUT2D eigenvalue weighted by molar-refractivity contribution is 7.99. The molecule has 4 nitrogen and oxygen atoms in total. The molecule has 1 aromatic heterocycles. The van der Waals surface area contributed by atoms with E-state index in [1.807, 2.05) is 30.3 Å². The third-order valence-electron chi connectivity index (χ3n) is 1.81. The summed E-state index contributed by atoms with van der Waals surface area (Å²) >= 11 is 1.37. The van der Waals surface area contributed by atoms with E-state index in [-0.39, 0.29) is 11.2 Å². The molecule has 0 unspecified atom stereocenters. The van der Waals surface area contributed by atoms with Gasteiger partial charge >= 0.3 is 0 Å². The summed E-state index contributed by atoms with van der Waals surface area (Å²) in [5.41, 5.74) is 5.46. The average molecular weight is 219 g/mol. The van der Waals surface area contributed by atoms with Crippen molar-refractivity contribution in [1.82, 2.24) is 9.97 Å². The summed E-state index contributed by atoms with van der Waals surface area (Å²) in [6.07, 6.45) is 1.35. The van der Waals surface area contributed by atoms with Crippen molar-refractivity contribution in [1.29, 1.82) is 0 Å². The Morgan fingerprint density at radius 1 is 1.27 bits per heavy atom. The Bertz CT molecular complexity index is 510. The molecule has 0 aliphatic carbocycles. The highest BCUT2D eigenvalue weighted by Gasteiger charge is 2.05. The van der Waals surface area contributed by atoms with Gasteiger partial charge in [-0.1, -0.05) is 30.0 Å². The van der Waals surface area contributed by atoms with Gasteiger partial charge < -0.3 is 10.7 Å². The number of nitrogen functional groups attached to an aromatic ring is 1. The smallest absolute Gasteiger partial charge is 0.275 e. The molecule has 3 N–H and O–H groups in total. The van der Waals surface area contributed by atoms with Crippen molar-refractivity contribution < 1.29 is 0 Å². The summed E-state index contributed by atoms with van der Waals surface area (Å²) in [6, 6.07) is 9.65. The molecule has 2 aromatic rings. The molecular weight excluding hydrogens is 210 g/mol. The van der Waals surface area contributed by atoms with Gasteiger partial charge in [0.1, 0.15) is 10.7 Å². The van der Waals surface area contributed by atoms with Crippen molar-refractivity contribution >= 4 is 17.4 Å². The molecule has 0 atom stereocenters. The van der Waals surface area contributed by atoms with Crippen LogP contribution in [0.15, 0.2) is 51.4 Å². The van der Waals surface area contributed by atoms with Gasteiger partial charge in [0.2, 0.25) is 0 Å². The molecular formula is C10H9N3OS. The van der Waals surface area contributed by atoms with Crippen molar-refractivity contribution in [3.05, 3.63) is 47.0 Å². The maximum Gasteiger partial charge on any atom is 0.275 e. The Morgan fingerprint density at radius 3 is 2.73 bits per heavy atom. The van der Waals surface area contributed by atoms with Gasteiger partial charge in [-0.25, -0.2) is 4.98 Å². The number of aromatic amines is 1. The minimum absolute atomic E-state index is 0.159. The number of nitrogens with zero attached hydrogens (tertiary/aromatic N) is 1. The highest BCUT2D eigenvalue weighted by Crippen LogP contribution is 2.27. The Labute approximate surface area is 90.6 Å². The Morgan fingerprint density at radius 2 is 2.00 bits per heavy atom. The van der Waals surface area contributed by atoms with Gasteiger partial charge in [-0.3, -0.25) is 4.79 Å². The van der Waals surface area contributed by atoms with Crippen LogP contribution in [-0.2, 0) is 0 Å². The highest BCUT2D eigenvalue weighted by atomic mass is 32.2. The van der Waals surface area contributed by atoms with Crippen LogP contribution in [-0.4, -0.2) is 9.97 Å². The molecule has 5 heteroatoms. The Hall–Kier alpha value is -1.75. The lowest BCUT2D eigenvalue weighted by Gasteiger charge is -2.01. The van der Waals surface area contributed by atoms with E-state index in [2.05, 4.69) is 9.97 Å². The molecule has 0 radical (unpaired) electrons. The van der Waals surface area contributed by atoms with Crippen LogP contribution in [0.3, 0.4) is 0 Å². The van der Waals surface area contributed by atoms with Crippen molar-refractivity contribution in [3.63, 3.8) is 0 Å². The maximum atomic E-state index is 11.2. The minimum atomic E-state index is -0.302. The van der Waals surface area contributed by atoms with E-state index in [1.54, 1.807) is 0 Å². The molecule has 15 heavy (non-hydrogen) atoms. The van der Waals surface area contributed by atoms with Crippen LogP contribution >= 0.6 is 11.8 Å². The quantitative estimate of drug-likeness (QED) is 0.751. The fourth-order valence-corrected chi connectivity index (χ4v) is 1.90. The molecule has 0 aliphatic rings. The molecule has 76 valence electrons. The van der Waals surface area contributed by atoms with Gasteiger partial charge in [0, 0.05) is 4.90 Å². The molecule has 0 spiro atoms. The fraction of sp³-hybridized carbons (Fsp3) is 0. The number of nitrogens with two attached hydrogens (primary N) is 1. The monoisotopic (exact) mass is 219 g/mol. The number of aromatic nitrogens is 2. The second-order valence-electron chi connectivity index (χ2n) is 2.87. The van der Waals surface area contributed by atoms with Gasteiger partial charge in [-0.05, 0) is 12.1 Å². The summed E-state index contributed by atoms with van der Waals surface area (Å²) in [7, 11) is 0. The van der Waals surface area contributed by atoms with Crippen molar-refractivity contribution in [2.24, 2.45) is 0 Å². The zero-order valence-corrected chi connectivity index (χ0v) is 8.62. The largest absolute Gasteiger partial charge is 0.392 e. The maximum absolute atomic E-state index is 11.2. The topological polar surface area (TPSA) is 71.8 Å². The lowest BCUT2D eigenvalue weighted by Crippen LogP contribution is -2.13. The number of hydrogen-bond acceptors (Lipinski definition) is 4. The van der Waals surface area contributed by atoms with Crippen molar-refractivity contribution in [3.8, 4) is 0 Å². The van der Waals surface area contributed by atoms with Gasteiger partial charge in [-0.15, -0.1) is 0 Å². The van der Waals surface area contributed by atoms with Crippen LogP contribution < -0.4 is 11.3 Å². The van der Waals surface area contributed by atoms with E-state index in [0.29, 0.717) is 5.03 Å². The second-order valence-corrected chi connectivity index (χ2v) is 3.93. The molecule has 2 rings (SSSR count). The third kappa shape index (κ3) is 2.19. The summed E-state index contributed by atoms with van der Waals surface area (Å²) < 4.78 is 0. The zero-order valence-electron chi connectivity index (χ0n) is 7.81. The number of hydrogen-bond donors (Lipinski definition) is 2. The molecule has 0 bridgehead atoms. The first kappa shape index (κ1) is 9.79. The van der Waals surface area contributed by atoms with Gasteiger partial charge in [0.25, 0.3) is 5.56 Å². The standard InChI is InChI=1S/C10H9N3OS/c11-8-9(14)12-6-13-10(8)15-7-4-2-1-3-5-7/h1-6H,11H2,(H,12,13,14). The normalized spacial score (nSPS) is 10.1. The van der Waals surface area contributed by atoms with E-state index >= 15 is 0 Å². The second kappa shape index (κ2) is 4.18. The van der Waals surface area contributed by atoms with E-state index in [9.17, 15) is 4.79 Å². The summed E-state index contributed by atoms with van der Waals surface area (Å²) in [6.45, 7) is 0. The molecule has 0 saturated carbocycles. The van der Waals surface area contributed by atoms with E-state index in [1.165, 1.54) is 18.1 Å². The Balaban J connectivity index is 2.33. The lowest BCUT2D eigenvalue weighted by molar-refractivity contribution is 1.02. The van der Waals surface area contributed by atoms with E-state index in [4.69, 9.17) is 5.73 Å². The first-order valence-corrected chi connectivity index (χ1v) is 5.15. The first-order valence-electron chi connectivity index (χ1n) is 4.33. The van der Waals surface area contributed by atoms with Crippen LogP contribution in [0.4, 0.5) is 5.69 Å². The van der Waals surface area contributed by atoms with Gasteiger partial charge in [0.05, 0.1) is 6.33 Å². The minimum Gasteiger partial charge on any atom is -0.392 e. The van der Waals surface area contributed by atoms with Crippen LogP contribution in [0.1, 0.15) is 0 Å². The third-order valence-corrected chi connectivity index (χ3v) is 2.84. The predicted molar refractivity (Wildman–Crippen MR) is 59.8 cm³/mol. The zero-order chi connectivity index (χ0) is 10.7. The van der Waals surface area contributed by atoms with Crippen LogP contribution in [0.25, 0.3) is 0 Å². The van der Waals surface area contributed by atoms with E-state index in [0.717, 1.165) is 4.90 Å².